The Morgan fingerprint density at radius 3 is 2.73 bits per heavy atom. The average Bonchev–Trinajstić information content (AvgIpc) is 3.09. The lowest BCUT2D eigenvalue weighted by molar-refractivity contribution is 0.102. The summed E-state index contributed by atoms with van der Waals surface area (Å²) >= 11 is 0. The van der Waals surface area contributed by atoms with Crippen molar-refractivity contribution >= 4 is 28.4 Å². The smallest absolute Gasteiger partial charge is 0.262 e. The second-order valence-corrected chi connectivity index (χ2v) is 7.26. The molecule has 2 aromatic heterocycles. The summed E-state index contributed by atoms with van der Waals surface area (Å²) in [5.41, 5.74) is 0.773. The molecule has 10 heteroatoms. The minimum absolute atomic E-state index is 0.196. The highest BCUT2D eigenvalue weighted by atomic mass is 19.1. The van der Waals surface area contributed by atoms with Crippen LogP contribution in [0.15, 0.2) is 24.5 Å². The molecule has 0 atom stereocenters. The highest BCUT2D eigenvalue weighted by Crippen LogP contribution is 2.24. The highest BCUT2D eigenvalue weighted by Gasteiger charge is 2.21. The third kappa shape index (κ3) is 4.04. The molecule has 1 aliphatic rings. The largest absolute Gasteiger partial charge is 0.477 e. The number of likely N-dealkylation sites (N-methyl/N-ethyl adjacent to an activating group) is 1. The van der Waals surface area contributed by atoms with E-state index in [4.69, 9.17) is 4.74 Å². The van der Waals surface area contributed by atoms with Crippen LogP contribution in [0.4, 0.5) is 16.0 Å². The number of hydrogen-bond acceptors (Lipinski definition) is 7. The van der Waals surface area contributed by atoms with Gasteiger partial charge in [-0.05, 0) is 26.1 Å². The fourth-order valence-electron chi connectivity index (χ4n) is 3.40. The molecule has 0 spiro atoms. The predicted octanol–water partition coefficient (Wildman–Crippen LogP) is 1.91. The normalized spacial score (nSPS) is 14.9. The number of fused-ring (bicyclic) bond motifs is 1. The van der Waals surface area contributed by atoms with Gasteiger partial charge in [0, 0.05) is 56.7 Å². The molecule has 4 rings (SSSR count). The van der Waals surface area contributed by atoms with Gasteiger partial charge in [-0.15, -0.1) is 0 Å². The van der Waals surface area contributed by atoms with Crippen molar-refractivity contribution in [1.82, 2.24) is 24.6 Å². The number of halogens is 1. The maximum absolute atomic E-state index is 14.3. The molecule has 0 bridgehead atoms. The summed E-state index contributed by atoms with van der Waals surface area (Å²) < 4.78 is 21.4. The number of rotatable bonds is 5. The van der Waals surface area contributed by atoms with Crippen LogP contribution in [-0.2, 0) is 7.05 Å². The lowest BCUT2D eigenvalue weighted by Crippen LogP contribution is -2.45. The van der Waals surface area contributed by atoms with Gasteiger partial charge in [-0.3, -0.25) is 9.48 Å². The maximum Gasteiger partial charge on any atom is 0.262 e. The Bertz CT molecular complexity index is 1080. The van der Waals surface area contributed by atoms with Crippen molar-refractivity contribution in [3.8, 4) is 5.88 Å². The molecule has 158 valence electrons. The van der Waals surface area contributed by atoms with E-state index in [-0.39, 0.29) is 17.0 Å². The Labute approximate surface area is 173 Å². The first-order valence-electron chi connectivity index (χ1n) is 9.82. The zero-order chi connectivity index (χ0) is 21.3. The molecule has 9 nitrogen and oxygen atoms in total. The molecule has 1 amide bonds. The number of piperazine rings is 1. The van der Waals surface area contributed by atoms with Gasteiger partial charge in [-0.25, -0.2) is 9.37 Å². The monoisotopic (exact) mass is 413 g/mol. The van der Waals surface area contributed by atoms with Crippen LogP contribution in [0, 0.1) is 5.82 Å². The average molecular weight is 413 g/mol. The van der Waals surface area contributed by atoms with Gasteiger partial charge < -0.3 is 19.9 Å². The number of nitrogens with one attached hydrogen (secondary N) is 1. The standard InChI is InChI=1S/C20H24FN7O2/c1-4-30-19-15(11-22-20(24-19)28-7-5-26(2)6-8-28)18(29)23-14-9-13-12-27(3)25-17(13)16(21)10-14/h9-12H,4-8H2,1-3H3,(H,23,29). The van der Waals surface area contributed by atoms with Crippen LogP contribution in [0.3, 0.4) is 0 Å². The molecule has 3 heterocycles. The second-order valence-electron chi connectivity index (χ2n) is 7.26. The van der Waals surface area contributed by atoms with E-state index >= 15 is 0 Å². The third-order valence-electron chi connectivity index (χ3n) is 4.99. The van der Waals surface area contributed by atoms with Gasteiger partial charge in [-0.1, -0.05) is 0 Å². The van der Waals surface area contributed by atoms with Crippen LogP contribution >= 0.6 is 0 Å². The number of aromatic nitrogens is 4. The van der Waals surface area contributed by atoms with Crippen molar-refractivity contribution in [3.05, 3.63) is 35.9 Å². The number of hydrogen-bond donors (Lipinski definition) is 1. The van der Waals surface area contributed by atoms with Crippen molar-refractivity contribution in [3.63, 3.8) is 0 Å². The SMILES string of the molecule is CCOc1nc(N2CCN(C)CC2)ncc1C(=O)Nc1cc(F)c2nn(C)cc2c1. The topological polar surface area (TPSA) is 88.4 Å². The number of carbonyl (C=O) groups is 1. The van der Waals surface area contributed by atoms with E-state index in [0.29, 0.717) is 23.6 Å². The Morgan fingerprint density at radius 2 is 2.00 bits per heavy atom. The van der Waals surface area contributed by atoms with E-state index in [1.165, 1.54) is 16.9 Å². The molecule has 0 unspecified atom stereocenters. The molecule has 0 aliphatic carbocycles. The Balaban J connectivity index is 1.58. The Morgan fingerprint density at radius 1 is 1.23 bits per heavy atom. The maximum atomic E-state index is 14.3. The van der Waals surface area contributed by atoms with Gasteiger partial charge in [0.1, 0.15) is 11.1 Å². The van der Waals surface area contributed by atoms with Crippen LogP contribution in [0.25, 0.3) is 10.9 Å². The van der Waals surface area contributed by atoms with E-state index in [1.54, 1.807) is 19.3 Å². The van der Waals surface area contributed by atoms with Crippen molar-refractivity contribution in [2.45, 2.75) is 6.92 Å². The van der Waals surface area contributed by atoms with Gasteiger partial charge in [0.25, 0.3) is 5.91 Å². The number of aryl methyl sites for hydroxylation is 1. The van der Waals surface area contributed by atoms with Crippen LogP contribution in [0.2, 0.25) is 0 Å². The number of amides is 1. The quantitative estimate of drug-likeness (QED) is 0.683. The van der Waals surface area contributed by atoms with Crippen LogP contribution in [-0.4, -0.2) is 70.4 Å². The number of benzene rings is 1. The third-order valence-corrected chi connectivity index (χ3v) is 4.99. The zero-order valence-electron chi connectivity index (χ0n) is 17.2. The Hall–Kier alpha value is -3.27. The molecule has 0 radical (unpaired) electrons. The van der Waals surface area contributed by atoms with Crippen molar-refractivity contribution < 1.29 is 13.9 Å². The van der Waals surface area contributed by atoms with Gasteiger partial charge in [0.05, 0.1) is 6.61 Å². The molecule has 1 fully saturated rings. The zero-order valence-corrected chi connectivity index (χ0v) is 17.2. The minimum Gasteiger partial charge on any atom is -0.477 e. The van der Waals surface area contributed by atoms with Crippen molar-refractivity contribution in [2.24, 2.45) is 7.05 Å². The summed E-state index contributed by atoms with van der Waals surface area (Å²) in [5.74, 6) is -0.228. The van der Waals surface area contributed by atoms with Crippen molar-refractivity contribution in [2.75, 3.05) is 50.1 Å². The highest BCUT2D eigenvalue weighted by molar-refractivity contribution is 6.06. The van der Waals surface area contributed by atoms with Crippen LogP contribution in [0.5, 0.6) is 5.88 Å². The molecular weight excluding hydrogens is 389 g/mol. The van der Waals surface area contributed by atoms with Gasteiger partial charge >= 0.3 is 0 Å². The van der Waals surface area contributed by atoms with Gasteiger partial charge in [-0.2, -0.15) is 10.1 Å². The summed E-state index contributed by atoms with van der Waals surface area (Å²) in [6.07, 6.45) is 3.15. The summed E-state index contributed by atoms with van der Waals surface area (Å²) in [6, 6.07) is 2.91. The summed E-state index contributed by atoms with van der Waals surface area (Å²) in [5, 5.41) is 7.37. The summed E-state index contributed by atoms with van der Waals surface area (Å²) in [7, 11) is 3.79. The minimum atomic E-state index is -0.505. The molecule has 1 saturated heterocycles. The summed E-state index contributed by atoms with van der Waals surface area (Å²) in [6.45, 7) is 5.62. The molecule has 0 saturated carbocycles. The van der Waals surface area contributed by atoms with E-state index < -0.39 is 11.7 Å². The number of anilines is 2. The molecule has 3 aromatic rings. The first-order valence-corrected chi connectivity index (χ1v) is 9.82. The van der Waals surface area contributed by atoms with E-state index in [0.717, 1.165) is 26.2 Å². The predicted molar refractivity (Wildman–Crippen MR) is 112 cm³/mol. The molecular formula is C20H24FN7O2. The van der Waals surface area contributed by atoms with Crippen LogP contribution in [0.1, 0.15) is 17.3 Å². The fourth-order valence-corrected chi connectivity index (χ4v) is 3.40. The van der Waals surface area contributed by atoms with E-state index in [2.05, 4.69) is 37.2 Å². The van der Waals surface area contributed by atoms with Gasteiger partial charge in [0.15, 0.2) is 5.82 Å². The number of nitrogens with zero attached hydrogens (tertiary/aromatic N) is 6. The molecule has 1 N–H and O–H groups in total. The van der Waals surface area contributed by atoms with E-state index in [9.17, 15) is 9.18 Å². The number of carbonyl (C=O) groups excluding carboxylic acids is 1. The van der Waals surface area contributed by atoms with Crippen LogP contribution < -0.4 is 15.0 Å². The molecule has 30 heavy (non-hydrogen) atoms. The van der Waals surface area contributed by atoms with Gasteiger partial charge in [0.2, 0.25) is 11.8 Å². The van der Waals surface area contributed by atoms with Crippen molar-refractivity contribution in [1.29, 1.82) is 0 Å². The summed E-state index contributed by atoms with van der Waals surface area (Å²) in [4.78, 5) is 26.0. The first kappa shape index (κ1) is 20.0. The lowest BCUT2D eigenvalue weighted by Gasteiger charge is -2.32. The first-order chi connectivity index (χ1) is 14.4. The molecule has 1 aliphatic heterocycles. The lowest BCUT2D eigenvalue weighted by atomic mass is 10.2. The number of ether oxygens (including phenoxy) is 1. The molecule has 1 aromatic carbocycles. The Kier molecular flexibility index (Phi) is 5.49. The van der Waals surface area contributed by atoms with E-state index in [1.807, 2.05) is 6.92 Å². The second kappa shape index (κ2) is 8.23. The fraction of sp³-hybridized carbons (Fsp3) is 0.400.